The third-order valence-corrected chi connectivity index (χ3v) is 14.7. The van der Waals surface area contributed by atoms with Gasteiger partial charge >= 0.3 is 13.1 Å². The molecule has 9 rings (SSSR count). The average molecular weight is 1490 g/mol. The molecule has 1 fully saturated rings. The lowest BCUT2D eigenvalue weighted by Gasteiger charge is -2.32. The molecule has 1 saturated heterocycles. The molecule has 1 atom stereocenters. The van der Waals surface area contributed by atoms with Gasteiger partial charge in [-0.25, -0.2) is 4.79 Å². The Kier molecular flexibility index (Phi) is 29.9. The molecule has 1 N–H and O–H groups in total. The van der Waals surface area contributed by atoms with E-state index in [0.29, 0.717) is 72.2 Å². The average Bonchev–Trinajstić information content (AvgIpc) is 3.12. The fourth-order valence-electron chi connectivity index (χ4n) is 7.35. The number of ether oxygens (including phenoxy) is 4. The maximum Gasteiger partial charge on any atom is 0.498 e. The zero-order valence-corrected chi connectivity index (χ0v) is 59.3. The van der Waals surface area contributed by atoms with Crippen LogP contribution in [0.2, 0.25) is 10.0 Å². The van der Waals surface area contributed by atoms with Crippen LogP contribution in [0.25, 0.3) is 33.5 Å². The lowest BCUT2D eigenvalue weighted by atomic mass is 9.78. The second-order valence-corrected chi connectivity index (χ2v) is 23.6. The Morgan fingerprint density at radius 3 is 1.55 bits per heavy atom. The third-order valence-electron chi connectivity index (χ3n) is 12.4. The zero-order valence-electron chi connectivity index (χ0n) is 52.3. The van der Waals surface area contributed by atoms with Crippen molar-refractivity contribution in [1.82, 2.24) is 24.7 Å². The van der Waals surface area contributed by atoms with Crippen LogP contribution in [0.1, 0.15) is 89.4 Å². The Morgan fingerprint density at radius 1 is 0.644 bits per heavy atom. The first-order valence-corrected chi connectivity index (χ1v) is 30.4. The molecule has 0 bridgehead atoms. The van der Waals surface area contributed by atoms with E-state index in [-0.39, 0.29) is 23.3 Å². The summed E-state index contributed by atoms with van der Waals surface area (Å²) < 4.78 is 52.6. The second-order valence-electron chi connectivity index (χ2n) is 19.9. The van der Waals surface area contributed by atoms with Crippen LogP contribution in [0.3, 0.4) is 0 Å². The van der Waals surface area contributed by atoms with Gasteiger partial charge in [0.05, 0.1) is 70.8 Å². The van der Waals surface area contributed by atoms with Gasteiger partial charge in [-0.2, -0.15) is 9.12 Å². The SMILES string of the molecule is CCC.COc1cc(Br)ccc1C(=O)N(C)C.COc1cc(C(=O)N(C)C)ccc1-c1cc2nccc(Cl)c2o1.COc1cc(C(=O)N(C)C)ccc1B1OC(C)(C)C(C)(C)O1.COc1cc(C(=O)O)ccc1Br.Clc1ccnc2cc(I)oc12.[2H][B]P. The van der Waals surface area contributed by atoms with Gasteiger partial charge in [0.1, 0.15) is 47.3 Å². The van der Waals surface area contributed by atoms with Gasteiger partial charge in [-0.15, -0.1) is 0 Å². The van der Waals surface area contributed by atoms with Crippen molar-refractivity contribution in [2.75, 3.05) is 70.7 Å². The number of hydrogen-bond donors (Lipinski definition) is 1. The summed E-state index contributed by atoms with van der Waals surface area (Å²) in [6.45, 7) is 12.3. The number of benzene rings is 4. The molecule has 1 aliphatic heterocycles. The lowest BCUT2D eigenvalue weighted by molar-refractivity contribution is 0.00578. The molecule has 4 aromatic carbocycles. The highest BCUT2D eigenvalue weighted by atomic mass is 127. The number of carboxylic acids is 1. The number of carboxylic acid groups (broad SMARTS) is 1. The van der Waals surface area contributed by atoms with Crippen molar-refractivity contribution in [1.29, 1.82) is 1.34 Å². The fourth-order valence-corrected chi connectivity index (χ4v) is 8.99. The second kappa shape index (κ2) is 35.3. The van der Waals surface area contributed by atoms with E-state index in [2.05, 4.69) is 87.4 Å². The minimum atomic E-state index is -0.958. The molecule has 4 aromatic heterocycles. The quantitative estimate of drug-likeness (QED) is 0.0768. The number of hydrogen-bond acceptors (Lipinski definition) is 14. The summed E-state index contributed by atoms with van der Waals surface area (Å²) >= 11 is 20.6. The topological polar surface area (TPSA) is 206 Å². The van der Waals surface area contributed by atoms with E-state index in [1.807, 2.05) is 45.9 Å². The molecule has 18 nitrogen and oxygen atoms in total. The summed E-state index contributed by atoms with van der Waals surface area (Å²) in [6, 6.07) is 27.5. The Labute approximate surface area is 554 Å². The standard InChI is InChI=1S/C17H15ClN2O3.C16H24BNO4.C10H12BrNO2.C8H7BrO3.C7H3ClINO.C3H8.BH3P/c1-20(2)17(21)10-4-5-11(14(8-10)22-3)15-9-13-16(23-15)12(18)6-7-19-13;1-15(2)16(3,4)22-17(21-15)12-9-8-11(10-13(12)20-7)14(19)18(5)6;1-12(2)10(13)8-5-4-7(11)6-9(8)14-3;1-12-7-4-5(8(10)11)2-3-6(7)9;8-4-1-2-10-5-3-6(9)11-7(4)5;1-3-2;1-2/h4-9H,1-3H3;8-10H,1-7H3;4-6H,1-3H3;2-4H,1H3,(H,10,11);1-3H;3H2,1-2H3;1H,2H2/i;;;;;;1D. The van der Waals surface area contributed by atoms with Crippen molar-refractivity contribution in [3.8, 4) is 34.3 Å². The first-order valence-electron chi connectivity index (χ1n) is 26.9. The molecule has 3 amide bonds. The number of carbonyl (C=O) groups is 4. The molecule has 1 unspecified atom stereocenters. The largest absolute Gasteiger partial charge is 0.498 e. The number of pyridine rings is 2. The van der Waals surface area contributed by atoms with Crippen LogP contribution >= 0.6 is 86.8 Å². The monoisotopic (exact) mass is 1490 g/mol. The van der Waals surface area contributed by atoms with Gasteiger partial charge in [0, 0.05) is 87.9 Å². The summed E-state index contributed by atoms with van der Waals surface area (Å²) in [7, 11) is 19.2. The van der Waals surface area contributed by atoms with Crippen LogP contribution in [-0.2, 0) is 9.31 Å². The number of carbonyl (C=O) groups excluding carboxylic acids is 3. The number of halogens is 5. The molecule has 0 spiro atoms. The number of amides is 3. The summed E-state index contributed by atoms with van der Waals surface area (Å²) in [4.78, 5) is 59.2. The van der Waals surface area contributed by atoms with E-state index in [1.165, 1.54) is 47.9 Å². The van der Waals surface area contributed by atoms with Crippen molar-refractivity contribution < 1.29 is 61.4 Å². The molecule has 8 aromatic rings. The Morgan fingerprint density at radius 2 is 1.09 bits per heavy atom. The molecule has 1 aliphatic rings. The molecule has 5 heterocycles. The van der Waals surface area contributed by atoms with Gasteiger partial charge < -0.3 is 56.9 Å². The van der Waals surface area contributed by atoms with Gasteiger partial charge in [-0.1, -0.05) is 65.5 Å². The molecular formula is C61H72B2Br2Cl2IN5O13P. The Bertz CT molecular complexity index is 3620. The van der Waals surface area contributed by atoms with E-state index >= 15 is 0 Å². The van der Waals surface area contributed by atoms with E-state index in [1.54, 1.807) is 143 Å². The number of methoxy groups -OCH3 is 4. The van der Waals surface area contributed by atoms with Gasteiger partial charge in [0.15, 0.2) is 14.9 Å². The van der Waals surface area contributed by atoms with Crippen molar-refractivity contribution in [2.45, 2.75) is 59.2 Å². The normalized spacial score (nSPS) is 12.3. The van der Waals surface area contributed by atoms with Crippen LogP contribution in [0.5, 0.6) is 23.0 Å². The van der Waals surface area contributed by atoms with Crippen molar-refractivity contribution in [3.63, 3.8) is 0 Å². The molecule has 0 saturated carbocycles. The lowest BCUT2D eigenvalue weighted by Crippen LogP contribution is -2.41. The molecule has 1 radical (unpaired) electrons. The highest BCUT2D eigenvalue weighted by molar-refractivity contribution is 14.1. The van der Waals surface area contributed by atoms with Gasteiger partial charge in [-0.05, 0) is 146 Å². The molecule has 465 valence electrons. The smallest absolute Gasteiger partial charge is 0.497 e. The van der Waals surface area contributed by atoms with Crippen LogP contribution in [0, 0.1) is 3.77 Å². The Hall–Kier alpha value is -5.91. The summed E-state index contributed by atoms with van der Waals surface area (Å²) in [6.07, 6.45) is 4.54. The Balaban J connectivity index is 0.000000289. The van der Waals surface area contributed by atoms with E-state index in [4.69, 9.17) is 66.7 Å². The van der Waals surface area contributed by atoms with Gasteiger partial charge in [0.25, 0.3) is 17.7 Å². The predicted molar refractivity (Wildman–Crippen MR) is 367 cm³/mol. The summed E-state index contributed by atoms with van der Waals surface area (Å²) in [5, 5.41) is 9.73. The minimum absolute atomic E-state index is 0.0608. The van der Waals surface area contributed by atoms with E-state index in [0.717, 1.165) is 29.3 Å². The number of aromatic nitrogens is 2. The van der Waals surface area contributed by atoms with E-state index in [9.17, 15) is 19.2 Å². The number of nitrogens with zero attached hydrogens (tertiary/aromatic N) is 5. The number of fused-ring (bicyclic) bond motifs is 2. The van der Waals surface area contributed by atoms with Crippen LogP contribution in [0.4, 0.5) is 0 Å². The predicted octanol–water partition coefficient (Wildman–Crippen LogP) is 14.0. The zero-order chi connectivity index (χ0) is 66.4. The van der Waals surface area contributed by atoms with Crippen molar-refractivity contribution in [2.24, 2.45) is 0 Å². The fraction of sp³-hybridized carbons (Fsp3) is 0.311. The number of rotatable bonds is 10. The molecule has 0 aliphatic carbocycles. The maximum atomic E-state index is 12.1. The molecular weight excluding hydrogens is 1420 g/mol. The number of furan rings is 2. The van der Waals surface area contributed by atoms with Crippen LogP contribution < -0.4 is 24.4 Å². The van der Waals surface area contributed by atoms with Crippen LogP contribution in [0.15, 0.2) is 127 Å². The first kappa shape index (κ1) is 73.6. The van der Waals surface area contributed by atoms with E-state index < -0.39 is 24.3 Å². The molecule has 87 heavy (non-hydrogen) atoms. The van der Waals surface area contributed by atoms with Crippen LogP contribution in [-0.4, -0.2) is 151 Å². The number of aromatic carboxylic acids is 1. The minimum Gasteiger partial charge on any atom is -0.497 e. The maximum absolute atomic E-state index is 12.1. The first-order chi connectivity index (χ1) is 41.4. The van der Waals surface area contributed by atoms with Gasteiger partial charge in [-0.3, -0.25) is 24.4 Å². The van der Waals surface area contributed by atoms with Crippen molar-refractivity contribution >= 4 is 153 Å². The highest BCUT2D eigenvalue weighted by Crippen LogP contribution is 2.39. The summed E-state index contributed by atoms with van der Waals surface area (Å²) in [5.74, 6) is 1.64. The van der Waals surface area contributed by atoms with Gasteiger partial charge in [0.2, 0.25) is 0 Å². The third kappa shape index (κ3) is 20.8. The highest BCUT2D eigenvalue weighted by Gasteiger charge is 2.52. The molecule has 26 heteroatoms. The van der Waals surface area contributed by atoms with Crippen molar-refractivity contribution in [3.05, 3.63) is 154 Å². The summed E-state index contributed by atoms with van der Waals surface area (Å²) in [5.41, 5.74) is 5.26.